The van der Waals surface area contributed by atoms with Gasteiger partial charge in [-0.2, -0.15) is 0 Å². The number of hydrogen-bond donors (Lipinski definition) is 1. The summed E-state index contributed by atoms with van der Waals surface area (Å²) in [4.78, 5) is 0. The highest BCUT2D eigenvalue weighted by molar-refractivity contribution is 9.10. The van der Waals surface area contributed by atoms with Crippen LogP contribution in [0.25, 0.3) is 0 Å². The Morgan fingerprint density at radius 2 is 2.06 bits per heavy atom. The predicted molar refractivity (Wildman–Crippen MR) is 74.3 cm³/mol. The molecule has 0 aliphatic heterocycles. The van der Waals surface area contributed by atoms with Crippen LogP contribution in [-0.2, 0) is 6.61 Å². The Morgan fingerprint density at radius 3 is 2.72 bits per heavy atom. The van der Waals surface area contributed by atoms with E-state index in [0.29, 0.717) is 11.4 Å². The van der Waals surface area contributed by atoms with Crippen molar-refractivity contribution in [3.8, 4) is 5.75 Å². The van der Waals surface area contributed by atoms with Crippen molar-refractivity contribution in [1.82, 2.24) is 0 Å². The van der Waals surface area contributed by atoms with Crippen LogP contribution < -0.4 is 10.5 Å². The molecule has 94 valence electrons. The number of nitrogens with two attached hydrogens (primary N) is 1. The van der Waals surface area contributed by atoms with E-state index in [1.807, 2.05) is 12.1 Å². The summed E-state index contributed by atoms with van der Waals surface area (Å²) in [5.41, 5.74) is 7.11. The van der Waals surface area contributed by atoms with Crippen molar-refractivity contribution in [3.63, 3.8) is 0 Å². The van der Waals surface area contributed by atoms with Gasteiger partial charge in [-0.05, 0) is 45.8 Å². The zero-order valence-corrected chi connectivity index (χ0v) is 11.6. The Labute approximate surface area is 118 Å². The average molecular weight is 331 g/mol. The number of anilines is 1. The molecule has 2 N–H and O–H groups in total. The number of halogens is 3. The summed E-state index contributed by atoms with van der Waals surface area (Å²) in [6.07, 6.45) is 0. The van der Waals surface area contributed by atoms with Crippen molar-refractivity contribution < 1.29 is 9.13 Å². The smallest absolute Gasteiger partial charge is 0.156 e. The number of rotatable bonds is 3. The van der Waals surface area contributed by atoms with Gasteiger partial charge in [0.1, 0.15) is 12.4 Å². The molecule has 0 unspecified atom stereocenters. The van der Waals surface area contributed by atoms with Gasteiger partial charge in [-0.25, -0.2) is 4.39 Å². The monoisotopic (exact) mass is 329 g/mol. The third-order valence-corrected chi connectivity index (χ3v) is 3.28. The first-order valence-electron chi connectivity index (χ1n) is 5.18. The normalized spacial score (nSPS) is 10.4. The number of ether oxygens (including phenoxy) is 1. The van der Waals surface area contributed by atoms with E-state index >= 15 is 0 Å². The first-order chi connectivity index (χ1) is 8.58. The lowest BCUT2D eigenvalue weighted by Gasteiger charge is -2.11. The molecule has 0 fully saturated rings. The second-order valence-electron chi connectivity index (χ2n) is 3.70. The third kappa shape index (κ3) is 2.94. The zero-order valence-electron chi connectivity index (χ0n) is 9.29. The van der Waals surface area contributed by atoms with Crippen molar-refractivity contribution in [1.29, 1.82) is 0 Å². The van der Waals surface area contributed by atoms with E-state index in [1.165, 1.54) is 12.1 Å². The summed E-state index contributed by atoms with van der Waals surface area (Å²) in [5, 5.41) is 0.0798. The van der Waals surface area contributed by atoms with Crippen molar-refractivity contribution in [2.45, 2.75) is 6.61 Å². The molecule has 0 heterocycles. The van der Waals surface area contributed by atoms with Crippen LogP contribution in [0.15, 0.2) is 40.9 Å². The number of nitrogen functional groups attached to an aromatic ring is 1. The molecule has 2 rings (SSSR count). The first kappa shape index (κ1) is 13.2. The van der Waals surface area contributed by atoms with Gasteiger partial charge in [0.05, 0.1) is 15.2 Å². The Balaban J connectivity index is 2.14. The Hall–Kier alpha value is -1.26. The van der Waals surface area contributed by atoms with Crippen LogP contribution in [0.5, 0.6) is 5.75 Å². The molecule has 0 aromatic heterocycles. The highest BCUT2D eigenvalue weighted by Gasteiger charge is 2.06. The summed E-state index contributed by atoms with van der Waals surface area (Å²) in [7, 11) is 0. The van der Waals surface area contributed by atoms with Gasteiger partial charge in [0.2, 0.25) is 0 Å². The van der Waals surface area contributed by atoms with E-state index in [1.54, 1.807) is 12.1 Å². The Bertz CT molecular complexity index is 557. The lowest BCUT2D eigenvalue weighted by Crippen LogP contribution is -1.99. The quantitative estimate of drug-likeness (QED) is 0.846. The molecule has 0 aliphatic rings. The standard InChI is InChI=1S/C13H10BrClFNO/c14-9-2-1-3-12(17)13(9)18-7-8-4-5-11(16)10(15)6-8/h1-6H,7,17H2. The van der Waals surface area contributed by atoms with Gasteiger partial charge in [0, 0.05) is 0 Å². The van der Waals surface area contributed by atoms with Crippen molar-refractivity contribution in [3.05, 3.63) is 57.3 Å². The summed E-state index contributed by atoms with van der Waals surface area (Å²) in [5.74, 6) is 0.124. The summed E-state index contributed by atoms with van der Waals surface area (Å²) < 4.78 is 19.4. The van der Waals surface area contributed by atoms with Crippen LogP contribution in [0.2, 0.25) is 5.02 Å². The van der Waals surface area contributed by atoms with Crippen LogP contribution in [-0.4, -0.2) is 0 Å². The molecule has 18 heavy (non-hydrogen) atoms. The van der Waals surface area contributed by atoms with Crippen molar-refractivity contribution in [2.24, 2.45) is 0 Å². The predicted octanol–water partition coefficient (Wildman–Crippen LogP) is 4.40. The van der Waals surface area contributed by atoms with Crippen LogP contribution >= 0.6 is 27.5 Å². The molecule has 0 saturated heterocycles. The van der Waals surface area contributed by atoms with E-state index in [0.717, 1.165) is 10.0 Å². The highest BCUT2D eigenvalue weighted by Crippen LogP contribution is 2.31. The molecule has 2 aromatic carbocycles. The van der Waals surface area contributed by atoms with Crippen LogP contribution in [0.1, 0.15) is 5.56 Å². The SMILES string of the molecule is Nc1cccc(Br)c1OCc1ccc(F)c(Cl)c1. The number of benzene rings is 2. The zero-order chi connectivity index (χ0) is 13.1. The lowest BCUT2D eigenvalue weighted by atomic mass is 10.2. The maximum Gasteiger partial charge on any atom is 0.156 e. The molecule has 0 amide bonds. The van der Waals surface area contributed by atoms with Crippen LogP contribution in [0.4, 0.5) is 10.1 Å². The topological polar surface area (TPSA) is 35.2 Å². The number of para-hydroxylation sites is 1. The van der Waals surface area contributed by atoms with Gasteiger partial charge < -0.3 is 10.5 Å². The van der Waals surface area contributed by atoms with Crippen LogP contribution in [0, 0.1) is 5.82 Å². The molecule has 2 nitrogen and oxygen atoms in total. The second kappa shape index (κ2) is 5.59. The lowest BCUT2D eigenvalue weighted by molar-refractivity contribution is 0.306. The van der Waals surface area contributed by atoms with E-state index in [-0.39, 0.29) is 11.6 Å². The molecular weight excluding hydrogens is 321 g/mol. The Morgan fingerprint density at radius 1 is 1.28 bits per heavy atom. The molecule has 0 bridgehead atoms. The van der Waals surface area contributed by atoms with Gasteiger partial charge in [-0.3, -0.25) is 0 Å². The second-order valence-corrected chi connectivity index (χ2v) is 4.96. The fourth-order valence-electron chi connectivity index (χ4n) is 1.46. The van der Waals surface area contributed by atoms with Gasteiger partial charge in [-0.15, -0.1) is 0 Å². The van der Waals surface area contributed by atoms with Gasteiger partial charge in [0.15, 0.2) is 5.75 Å². The van der Waals surface area contributed by atoms with Crippen LogP contribution in [0.3, 0.4) is 0 Å². The molecular formula is C13H10BrClFNO. The molecule has 0 atom stereocenters. The van der Waals surface area contributed by atoms with Gasteiger partial charge >= 0.3 is 0 Å². The maximum atomic E-state index is 13.0. The minimum atomic E-state index is -0.444. The van der Waals surface area contributed by atoms with E-state index < -0.39 is 5.82 Å². The minimum Gasteiger partial charge on any atom is -0.486 e. The summed E-state index contributed by atoms with van der Waals surface area (Å²) in [6, 6.07) is 9.87. The van der Waals surface area contributed by atoms with Crippen molar-refractivity contribution in [2.75, 3.05) is 5.73 Å². The molecule has 2 aromatic rings. The average Bonchev–Trinajstić information content (AvgIpc) is 2.33. The largest absolute Gasteiger partial charge is 0.486 e. The minimum absolute atomic E-state index is 0.0798. The van der Waals surface area contributed by atoms with E-state index in [9.17, 15) is 4.39 Å². The summed E-state index contributed by atoms with van der Waals surface area (Å²) in [6.45, 7) is 0.271. The van der Waals surface area contributed by atoms with Gasteiger partial charge in [-0.1, -0.05) is 23.7 Å². The van der Waals surface area contributed by atoms with Crippen molar-refractivity contribution >= 4 is 33.2 Å². The molecule has 0 radical (unpaired) electrons. The maximum absolute atomic E-state index is 13.0. The Kier molecular flexibility index (Phi) is 4.09. The fraction of sp³-hybridized carbons (Fsp3) is 0.0769. The summed E-state index contributed by atoms with van der Waals surface area (Å²) >= 11 is 9.05. The molecule has 0 spiro atoms. The number of hydrogen-bond acceptors (Lipinski definition) is 2. The third-order valence-electron chi connectivity index (χ3n) is 2.36. The molecule has 0 saturated carbocycles. The fourth-order valence-corrected chi connectivity index (χ4v) is 2.16. The first-order valence-corrected chi connectivity index (χ1v) is 6.35. The van der Waals surface area contributed by atoms with Gasteiger partial charge in [0.25, 0.3) is 0 Å². The highest BCUT2D eigenvalue weighted by atomic mass is 79.9. The molecule has 0 aliphatic carbocycles. The van der Waals surface area contributed by atoms with E-state index in [2.05, 4.69) is 15.9 Å². The molecule has 5 heteroatoms. The van der Waals surface area contributed by atoms with E-state index in [4.69, 9.17) is 22.1 Å².